The molecule has 0 unspecified atom stereocenters. The monoisotopic (exact) mass is 229 g/mol. The Labute approximate surface area is 89.0 Å². The molecular weight excluding hydrogens is 208 g/mol. The Morgan fingerprint density at radius 1 is 0.538 bits per heavy atom. The summed E-state index contributed by atoms with van der Waals surface area (Å²) in [7, 11) is 0. The molecule has 0 amide bonds. The van der Waals surface area contributed by atoms with Gasteiger partial charge in [-0.1, -0.05) is 0 Å². The topological polar surface area (TPSA) is 0 Å². The van der Waals surface area contributed by atoms with Gasteiger partial charge in [-0.25, -0.2) is 0 Å². The Hall–Kier alpha value is 0.519. The van der Waals surface area contributed by atoms with Gasteiger partial charge in [-0.15, -0.1) is 0 Å². The summed E-state index contributed by atoms with van der Waals surface area (Å²) in [6, 6.07) is 0. The molecule has 2 rings (SSSR count). The fraction of sp³-hybridized carbons (Fsp3) is 1.00. The molecule has 0 aromatic heterocycles. The third-order valence-electron chi connectivity index (χ3n) is 3.27. The van der Waals surface area contributed by atoms with Crippen molar-refractivity contribution in [3.8, 4) is 0 Å². The Kier molecular flexibility index (Phi) is 4.19. The molecule has 81 valence electrons. The Morgan fingerprint density at radius 2 is 0.923 bits per heavy atom. The minimum absolute atomic E-state index is 1.03. The van der Waals surface area contributed by atoms with Crippen LogP contribution in [0.4, 0.5) is 0 Å². The SMILES string of the molecule is C1CC[CH]([Cu][CH]2CCCCC2)CC1. The van der Waals surface area contributed by atoms with Crippen molar-refractivity contribution < 1.29 is 15.0 Å². The van der Waals surface area contributed by atoms with Crippen molar-refractivity contribution in [2.75, 3.05) is 0 Å². The van der Waals surface area contributed by atoms with Crippen LogP contribution in [-0.2, 0) is 15.0 Å². The van der Waals surface area contributed by atoms with Gasteiger partial charge >= 0.3 is 88.8 Å². The van der Waals surface area contributed by atoms with Crippen LogP contribution in [0.15, 0.2) is 0 Å². The summed E-state index contributed by atoms with van der Waals surface area (Å²) in [6.07, 6.45) is 15.0. The van der Waals surface area contributed by atoms with Crippen LogP contribution in [0.5, 0.6) is 0 Å². The van der Waals surface area contributed by atoms with Gasteiger partial charge in [0.25, 0.3) is 0 Å². The van der Waals surface area contributed by atoms with Crippen molar-refractivity contribution in [1.82, 2.24) is 0 Å². The first-order valence-electron chi connectivity index (χ1n) is 5.98. The summed E-state index contributed by atoms with van der Waals surface area (Å²) in [5.41, 5.74) is 0. The van der Waals surface area contributed by atoms with E-state index in [1.807, 2.05) is 0 Å². The van der Waals surface area contributed by atoms with Crippen molar-refractivity contribution in [2.45, 2.75) is 73.8 Å². The zero-order chi connectivity index (χ0) is 8.93. The first kappa shape index (κ1) is 10.1. The van der Waals surface area contributed by atoms with Crippen molar-refractivity contribution in [1.29, 1.82) is 0 Å². The van der Waals surface area contributed by atoms with E-state index < -0.39 is 0 Å². The van der Waals surface area contributed by atoms with Gasteiger partial charge in [-0.05, 0) is 0 Å². The van der Waals surface area contributed by atoms with Crippen LogP contribution in [0.1, 0.15) is 64.2 Å². The summed E-state index contributed by atoms with van der Waals surface area (Å²) in [6.45, 7) is 0. The molecule has 2 saturated carbocycles. The van der Waals surface area contributed by atoms with Gasteiger partial charge in [0.05, 0.1) is 0 Å². The van der Waals surface area contributed by atoms with Crippen LogP contribution >= 0.6 is 0 Å². The van der Waals surface area contributed by atoms with E-state index in [4.69, 9.17) is 0 Å². The van der Waals surface area contributed by atoms with Gasteiger partial charge in [0, 0.05) is 0 Å². The molecule has 0 atom stereocenters. The summed E-state index contributed by atoms with van der Waals surface area (Å²) in [5, 5.41) is 0. The predicted molar refractivity (Wildman–Crippen MR) is 53.7 cm³/mol. The second-order valence-corrected chi connectivity index (χ2v) is 6.30. The zero-order valence-corrected chi connectivity index (χ0v) is 9.47. The van der Waals surface area contributed by atoms with Gasteiger partial charge in [-0.2, -0.15) is 0 Å². The first-order chi connectivity index (χ1) is 6.45. The molecule has 0 bridgehead atoms. The van der Waals surface area contributed by atoms with E-state index >= 15 is 0 Å². The maximum atomic E-state index is 2.44. The first-order valence-corrected chi connectivity index (χ1v) is 7.07. The molecule has 0 heterocycles. The molecule has 2 fully saturated rings. The van der Waals surface area contributed by atoms with E-state index in [0.29, 0.717) is 0 Å². The molecule has 13 heavy (non-hydrogen) atoms. The third kappa shape index (κ3) is 3.29. The second-order valence-electron chi connectivity index (χ2n) is 4.45. The second kappa shape index (κ2) is 5.41. The quantitative estimate of drug-likeness (QED) is 0.609. The van der Waals surface area contributed by atoms with Gasteiger partial charge in [-0.3, -0.25) is 0 Å². The predicted octanol–water partition coefficient (Wildman–Crippen LogP) is 4.57. The molecular formula is C12H22Cu. The van der Waals surface area contributed by atoms with Crippen molar-refractivity contribution in [3.05, 3.63) is 0 Å². The summed E-state index contributed by atoms with van der Waals surface area (Å²) >= 11 is 2.44. The Balaban J connectivity index is 1.69. The number of hydrogen-bond acceptors (Lipinski definition) is 0. The third-order valence-corrected chi connectivity index (χ3v) is 5.24. The molecule has 1 heteroatoms. The molecule has 0 radical (unpaired) electrons. The average Bonchev–Trinajstić information content (AvgIpc) is 2.21. The molecule has 0 aliphatic heterocycles. The van der Waals surface area contributed by atoms with E-state index in [9.17, 15) is 0 Å². The van der Waals surface area contributed by atoms with Crippen LogP contribution < -0.4 is 0 Å². The Morgan fingerprint density at radius 3 is 1.31 bits per heavy atom. The van der Waals surface area contributed by atoms with Crippen molar-refractivity contribution >= 4 is 0 Å². The van der Waals surface area contributed by atoms with Crippen LogP contribution in [0.2, 0.25) is 9.63 Å². The molecule has 0 saturated heterocycles. The zero-order valence-electron chi connectivity index (χ0n) is 8.53. The van der Waals surface area contributed by atoms with Crippen molar-refractivity contribution in [2.24, 2.45) is 0 Å². The van der Waals surface area contributed by atoms with Crippen LogP contribution in [0, 0.1) is 0 Å². The molecule has 2 aliphatic carbocycles. The molecule has 0 N–H and O–H groups in total. The minimum atomic E-state index is 1.03. The summed E-state index contributed by atoms with van der Waals surface area (Å²) in [5.74, 6) is 0. The van der Waals surface area contributed by atoms with Crippen LogP contribution in [0.3, 0.4) is 0 Å². The normalized spacial score (nSPS) is 28.0. The van der Waals surface area contributed by atoms with Crippen LogP contribution in [0.25, 0.3) is 0 Å². The fourth-order valence-corrected chi connectivity index (χ4v) is 4.47. The van der Waals surface area contributed by atoms with Gasteiger partial charge in [0.2, 0.25) is 0 Å². The fourth-order valence-electron chi connectivity index (χ4n) is 2.45. The van der Waals surface area contributed by atoms with Gasteiger partial charge in [0.1, 0.15) is 0 Å². The summed E-state index contributed by atoms with van der Waals surface area (Å²) in [4.78, 5) is 2.06. The van der Waals surface area contributed by atoms with E-state index in [0.717, 1.165) is 9.63 Å². The summed E-state index contributed by atoms with van der Waals surface area (Å²) < 4.78 is 0. The van der Waals surface area contributed by atoms with Gasteiger partial charge in [0.15, 0.2) is 0 Å². The standard InChI is InChI=1S/2C6H11.Cu/c2*1-2-4-6-5-3-1;/h2*1H,2-6H2;. The molecule has 0 spiro atoms. The number of rotatable bonds is 2. The Bertz CT molecular complexity index is 116. The molecule has 2 aliphatic rings. The van der Waals surface area contributed by atoms with Crippen LogP contribution in [-0.4, -0.2) is 0 Å². The van der Waals surface area contributed by atoms with E-state index in [-0.39, 0.29) is 0 Å². The van der Waals surface area contributed by atoms with E-state index in [1.54, 1.807) is 0 Å². The van der Waals surface area contributed by atoms with Gasteiger partial charge < -0.3 is 0 Å². The molecule has 0 nitrogen and oxygen atoms in total. The average molecular weight is 230 g/mol. The molecule has 0 aromatic carbocycles. The van der Waals surface area contributed by atoms with E-state index in [2.05, 4.69) is 15.0 Å². The maximum absolute atomic E-state index is 2.44. The number of hydrogen-bond donors (Lipinski definition) is 0. The van der Waals surface area contributed by atoms with Crippen molar-refractivity contribution in [3.63, 3.8) is 0 Å². The van der Waals surface area contributed by atoms with E-state index in [1.165, 1.54) is 64.2 Å². The molecule has 0 aromatic rings.